The SMILES string of the molecule is C[S@](=O)CC(=O)NCc1ccc(NC[C@@](O)(c2cc(Br)cc(Br)c2)C(F)(F)F)cc1Br. The lowest BCUT2D eigenvalue weighted by Gasteiger charge is -2.32. The highest BCUT2D eigenvalue weighted by molar-refractivity contribution is 9.11. The van der Waals surface area contributed by atoms with Crippen molar-refractivity contribution in [2.75, 3.05) is 23.9 Å². The standard InChI is InChI=1S/C19H18Br3F3N2O3S/c1-31(30)9-17(28)26-8-11-2-3-15(7-16(11)22)27-10-18(29,19(23,24)25)12-4-13(20)6-14(21)5-12/h2-7,27,29H,8-10H2,1H3,(H,26,28)/t18-,31+/m1/s1. The number of amides is 1. The van der Waals surface area contributed by atoms with Gasteiger partial charge in [-0.05, 0) is 41.5 Å². The van der Waals surface area contributed by atoms with Crippen LogP contribution in [0.2, 0.25) is 0 Å². The van der Waals surface area contributed by atoms with Gasteiger partial charge in [-0.1, -0.05) is 53.9 Å². The number of nitrogens with one attached hydrogen (secondary N) is 2. The van der Waals surface area contributed by atoms with Gasteiger partial charge in [-0.2, -0.15) is 13.2 Å². The molecule has 0 radical (unpaired) electrons. The van der Waals surface area contributed by atoms with Gasteiger partial charge in [-0.3, -0.25) is 9.00 Å². The molecule has 0 saturated heterocycles. The Labute approximate surface area is 205 Å². The average Bonchev–Trinajstić information content (AvgIpc) is 2.63. The third kappa shape index (κ3) is 7.28. The highest BCUT2D eigenvalue weighted by Gasteiger charge is 2.55. The van der Waals surface area contributed by atoms with Crippen molar-refractivity contribution >= 4 is 70.2 Å². The predicted octanol–water partition coefficient (Wildman–Crippen LogP) is 4.83. The van der Waals surface area contributed by atoms with E-state index in [1.54, 1.807) is 18.2 Å². The Balaban J connectivity index is 2.16. The number of hydrogen-bond acceptors (Lipinski definition) is 4. The number of alkyl halides is 3. The minimum atomic E-state index is -4.93. The Morgan fingerprint density at radius 1 is 1.10 bits per heavy atom. The zero-order valence-corrected chi connectivity index (χ0v) is 21.6. The van der Waals surface area contributed by atoms with Crippen LogP contribution >= 0.6 is 47.8 Å². The molecule has 170 valence electrons. The summed E-state index contributed by atoms with van der Waals surface area (Å²) >= 11 is 9.61. The van der Waals surface area contributed by atoms with E-state index in [-0.39, 0.29) is 23.8 Å². The van der Waals surface area contributed by atoms with Gasteiger partial charge in [0, 0.05) is 42.7 Å². The Hall–Kier alpha value is -0.950. The summed E-state index contributed by atoms with van der Waals surface area (Å²) < 4.78 is 53.7. The van der Waals surface area contributed by atoms with E-state index < -0.39 is 29.1 Å². The first-order valence-electron chi connectivity index (χ1n) is 8.66. The van der Waals surface area contributed by atoms with Gasteiger partial charge in [-0.25, -0.2) is 0 Å². The minimum absolute atomic E-state index is 0.112. The topological polar surface area (TPSA) is 78.4 Å². The van der Waals surface area contributed by atoms with Crippen molar-refractivity contribution < 1.29 is 27.3 Å². The number of aliphatic hydroxyl groups is 1. The Bertz CT molecular complexity index is 971. The molecule has 2 rings (SSSR count). The van der Waals surface area contributed by atoms with Crippen LogP contribution in [-0.2, 0) is 27.7 Å². The molecule has 12 heteroatoms. The quantitative estimate of drug-likeness (QED) is 0.383. The van der Waals surface area contributed by atoms with E-state index in [2.05, 4.69) is 58.4 Å². The molecule has 0 aliphatic heterocycles. The second-order valence-electron chi connectivity index (χ2n) is 6.67. The first-order chi connectivity index (χ1) is 14.3. The molecule has 0 saturated carbocycles. The van der Waals surface area contributed by atoms with Crippen LogP contribution in [0, 0.1) is 0 Å². The lowest BCUT2D eigenvalue weighted by atomic mass is 9.93. The first kappa shape index (κ1) is 26.3. The van der Waals surface area contributed by atoms with E-state index in [4.69, 9.17) is 0 Å². The Morgan fingerprint density at radius 2 is 1.71 bits per heavy atom. The maximum absolute atomic E-state index is 13.8. The Kier molecular flexibility index (Phi) is 9.15. The van der Waals surface area contributed by atoms with Crippen molar-refractivity contribution in [2.45, 2.75) is 18.3 Å². The maximum atomic E-state index is 13.8. The summed E-state index contributed by atoms with van der Waals surface area (Å²) in [7, 11) is -1.26. The third-order valence-electron chi connectivity index (χ3n) is 4.22. The van der Waals surface area contributed by atoms with Gasteiger partial charge < -0.3 is 15.7 Å². The summed E-state index contributed by atoms with van der Waals surface area (Å²) in [4.78, 5) is 11.6. The van der Waals surface area contributed by atoms with Crippen LogP contribution in [0.1, 0.15) is 11.1 Å². The summed E-state index contributed by atoms with van der Waals surface area (Å²) in [6.07, 6.45) is -3.51. The molecule has 0 aliphatic carbocycles. The molecule has 0 aliphatic rings. The van der Waals surface area contributed by atoms with Gasteiger partial charge in [0.05, 0.1) is 6.54 Å². The van der Waals surface area contributed by atoms with E-state index in [1.807, 2.05) is 0 Å². The van der Waals surface area contributed by atoms with Gasteiger partial charge in [-0.15, -0.1) is 0 Å². The lowest BCUT2D eigenvalue weighted by molar-refractivity contribution is -0.260. The van der Waals surface area contributed by atoms with Crippen molar-refractivity contribution in [3.05, 3.63) is 60.9 Å². The molecule has 2 aromatic rings. The minimum Gasteiger partial charge on any atom is -0.381 e. The van der Waals surface area contributed by atoms with Crippen LogP contribution in [-0.4, -0.2) is 40.0 Å². The monoisotopic (exact) mass is 648 g/mol. The Morgan fingerprint density at radius 3 is 2.23 bits per heavy atom. The van der Waals surface area contributed by atoms with Crippen LogP contribution in [0.15, 0.2) is 49.8 Å². The third-order valence-corrected chi connectivity index (χ3v) is 6.54. The molecule has 2 aromatic carbocycles. The molecule has 2 atom stereocenters. The highest BCUT2D eigenvalue weighted by Crippen LogP contribution is 2.41. The summed E-state index contributed by atoms with van der Waals surface area (Å²) in [6, 6.07) is 8.71. The molecule has 0 fully saturated rings. The summed E-state index contributed by atoms with van der Waals surface area (Å²) in [5, 5.41) is 15.8. The fourth-order valence-corrected chi connectivity index (χ4v) is 4.90. The van der Waals surface area contributed by atoms with Crippen LogP contribution in [0.4, 0.5) is 18.9 Å². The number of anilines is 1. The van der Waals surface area contributed by atoms with Crippen molar-refractivity contribution in [3.63, 3.8) is 0 Å². The lowest BCUT2D eigenvalue weighted by Crippen LogP contribution is -2.47. The molecule has 0 spiro atoms. The molecule has 0 aromatic heterocycles. The van der Waals surface area contributed by atoms with Gasteiger partial charge >= 0.3 is 6.18 Å². The molecule has 0 unspecified atom stereocenters. The molecule has 1 amide bonds. The van der Waals surface area contributed by atoms with E-state index in [0.29, 0.717) is 24.7 Å². The van der Waals surface area contributed by atoms with Crippen LogP contribution in [0.5, 0.6) is 0 Å². The normalized spacial score (nSPS) is 14.6. The predicted molar refractivity (Wildman–Crippen MR) is 125 cm³/mol. The summed E-state index contributed by atoms with van der Waals surface area (Å²) in [5.74, 6) is -0.482. The summed E-state index contributed by atoms with van der Waals surface area (Å²) in [6.45, 7) is -0.653. The summed E-state index contributed by atoms with van der Waals surface area (Å²) in [5.41, 5.74) is -2.43. The smallest absolute Gasteiger partial charge is 0.381 e. The number of carbonyl (C=O) groups is 1. The fourth-order valence-electron chi connectivity index (χ4n) is 2.62. The second kappa shape index (κ2) is 10.8. The van der Waals surface area contributed by atoms with Gasteiger partial charge in [0.15, 0.2) is 0 Å². The van der Waals surface area contributed by atoms with Crippen LogP contribution in [0.3, 0.4) is 0 Å². The van der Waals surface area contributed by atoms with E-state index in [9.17, 15) is 27.3 Å². The maximum Gasteiger partial charge on any atom is 0.423 e. The van der Waals surface area contributed by atoms with Crippen molar-refractivity contribution in [2.24, 2.45) is 0 Å². The van der Waals surface area contributed by atoms with Gasteiger partial charge in [0.25, 0.3) is 0 Å². The molecular weight excluding hydrogens is 633 g/mol. The fraction of sp³-hybridized carbons (Fsp3) is 0.316. The zero-order chi connectivity index (χ0) is 23.4. The van der Waals surface area contributed by atoms with E-state index in [1.165, 1.54) is 24.5 Å². The van der Waals surface area contributed by atoms with Crippen LogP contribution < -0.4 is 10.6 Å². The first-order valence-corrected chi connectivity index (χ1v) is 12.8. The van der Waals surface area contributed by atoms with Crippen LogP contribution in [0.25, 0.3) is 0 Å². The number of carbonyl (C=O) groups excluding carboxylic acids is 1. The number of hydrogen-bond donors (Lipinski definition) is 3. The van der Waals surface area contributed by atoms with E-state index >= 15 is 0 Å². The number of benzene rings is 2. The molecule has 31 heavy (non-hydrogen) atoms. The van der Waals surface area contributed by atoms with Crippen molar-refractivity contribution in [3.8, 4) is 0 Å². The van der Waals surface area contributed by atoms with Crippen molar-refractivity contribution in [1.29, 1.82) is 0 Å². The number of rotatable bonds is 8. The highest BCUT2D eigenvalue weighted by atomic mass is 79.9. The van der Waals surface area contributed by atoms with Gasteiger partial charge in [0.2, 0.25) is 11.5 Å². The molecule has 3 N–H and O–H groups in total. The molecule has 0 bridgehead atoms. The van der Waals surface area contributed by atoms with Crippen molar-refractivity contribution in [1.82, 2.24) is 5.32 Å². The van der Waals surface area contributed by atoms with E-state index in [0.717, 1.165) is 0 Å². The largest absolute Gasteiger partial charge is 0.423 e. The molecular formula is C19H18Br3F3N2O3S. The second-order valence-corrected chi connectivity index (χ2v) is 10.8. The number of halogens is 6. The average molecular weight is 651 g/mol. The van der Waals surface area contributed by atoms with Gasteiger partial charge in [0.1, 0.15) is 5.75 Å². The molecule has 5 nitrogen and oxygen atoms in total. The molecule has 0 heterocycles. The zero-order valence-electron chi connectivity index (χ0n) is 16.0.